The molecule has 1 aromatic carbocycles. The molecule has 2 N–H and O–H groups in total. The van der Waals surface area contributed by atoms with Gasteiger partial charge in [-0.3, -0.25) is 0 Å². The first-order valence-corrected chi connectivity index (χ1v) is 9.43. The SMILES string of the molecule is Cc1nc2c(c(NCCCc3nc4ccccc4n3C)n1)CCNCC2.Cl.Cl. The van der Waals surface area contributed by atoms with Crippen molar-refractivity contribution >= 4 is 41.7 Å². The number of hydrogen-bond acceptors (Lipinski definition) is 5. The molecular formula is C20H28Cl2N6. The van der Waals surface area contributed by atoms with Gasteiger partial charge in [0.1, 0.15) is 17.5 Å². The first-order chi connectivity index (χ1) is 12.7. The Morgan fingerprint density at radius 2 is 1.86 bits per heavy atom. The lowest BCUT2D eigenvalue weighted by atomic mass is 10.1. The van der Waals surface area contributed by atoms with Crippen LogP contribution in [-0.2, 0) is 26.3 Å². The Kier molecular flexibility index (Phi) is 8.04. The maximum Gasteiger partial charge on any atom is 0.133 e. The van der Waals surface area contributed by atoms with Crippen LogP contribution in [0.2, 0.25) is 0 Å². The van der Waals surface area contributed by atoms with E-state index in [1.54, 1.807) is 0 Å². The van der Waals surface area contributed by atoms with Gasteiger partial charge in [-0.05, 0) is 38.4 Å². The van der Waals surface area contributed by atoms with Crippen LogP contribution in [-0.4, -0.2) is 39.2 Å². The second kappa shape index (κ2) is 10.0. The van der Waals surface area contributed by atoms with E-state index >= 15 is 0 Å². The van der Waals surface area contributed by atoms with Crippen LogP contribution in [0.5, 0.6) is 0 Å². The standard InChI is InChI=1S/C20H26N6.2ClH/c1-14-23-16-10-13-21-12-9-15(16)20(24-14)22-11-5-8-19-25-17-6-3-4-7-18(17)26(19)2;;/h3-4,6-7,21H,5,8-13H2,1-2H3,(H,22,23,24);2*1H. The van der Waals surface area contributed by atoms with Gasteiger partial charge in [0.25, 0.3) is 0 Å². The summed E-state index contributed by atoms with van der Waals surface area (Å²) in [6.45, 7) is 4.85. The average Bonchev–Trinajstić information content (AvgIpc) is 2.81. The largest absolute Gasteiger partial charge is 0.370 e. The van der Waals surface area contributed by atoms with Crippen LogP contribution in [0.15, 0.2) is 24.3 Å². The summed E-state index contributed by atoms with van der Waals surface area (Å²) >= 11 is 0. The smallest absolute Gasteiger partial charge is 0.133 e. The van der Waals surface area contributed by atoms with Crippen molar-refractivity contribution in [2.75, 3.05) is 25.0 Å². The number of fused-ring (bicyclic) bond motifs is 2. The number of anilines is 1. The first-order valence-electron chi connectivity index (χ1n) is 9.43. The van der Waals surface area contributed by atoms with E-state index in [1.165, 1.54) is 16.8 Å². The van der Waals surface area contributed by atoms with E-state index in [0.29, 0.717) is 0 Å². The van der Waals surface area contributed by atoms with Crippen molar-refractivity contribution in [3.05, 3.63) is 47.2 Å². The van der Waals surface area contributed by atoms with Gasteiger partial charge in [-0.1, -0.05) is 12.1 Å². The van der Waals surface area contributed by atoms with Crippen molar-refractivity contribution in [3.8, 4) is 0 Å². The van der Waals surface area contributed by atoms with Crippen LogP contribution in [0.4, 0.5) is 5.82 Å². The molecule has 3 aromatic rings. The molecule has 0 radical (unpaired) electrons. The number of halogens is 2. The summed E-state index contributed by atoms with van der Waals surface area (Å²) in [5.74, 6) is 3.00. The fraction of sp³-hybridized carbons (Fsp3) is 0.450. The lowest BCUT2D eigenvalue weighted by Crippen LogP contribution is -2.16. The number of imidazole rings is 1. The molecule has 152 valence electrons. The lowest BCUT2D eigenvalue weighted by Gasteiger charge is -2.13. The molecule has 28 heavy (non-hydrogen) atoms. The van der Waals surface area contributed by atoms with Gasteiger partial charge in [0.05, 0.1) is 16.7 Å². The molecule has 1 aliphatic heterocycles. The molecule has 2 aromatic heterocycles. The first kappa shape index (κ1) is 22.4. The quantitative estimate of drug-likeness (QED) is 0.617. The summed E-state index contributed by atoms with van der Waals surface area (Å²) in [7, 11) is 2.10. The Balaban J connectivity index is 0.00000140. The van der Waals surface area contributed by atoms with Gasteiger partial charge in [-0.25, -0.2) is 15.0 Å². The summed E-state index contributed by atoms with van der Waals surface area (Å²) in [4.78, 5) is 14.1. The minimum absolute atomic E-state index is 0. The fourth-order valence-corrected chi connectivity index (χ4v) is 3.69. The highest BCUT2D eigenvalue weighted by Crippen LogP contribution is 2.20. The minimum atomic E-state index is 0. The lowest BCUT2D eigenvalue weighted by molar-refractivity contribution is 0.708. The Morgan fingerprint density at radius 3 is 2.68 bits per heavy atom. The predicted molar refractivity (Wildman–Crippen MR) is 119 cm³/mol. The maximum absolute atomic E-state index is 4.75. The molecule has 0 aliphatic carbocycles. The monoisotopic (exact) mass is 422 g/mol. The summed E-state index contributed by atoms with van der Waals surface area (Å²) in [6, 6.07) is 8.30. The van der Waals surface area contributed by atoms with Gasteiger partial charge in [-0.2, -0.15) is 0 Å². The third-order valence-corrected chi connectivity index (χ3v) is 5.04. The molecule has 4 rings (SSSR count). The summed E-state index contributed by atoms with van der Waals surface area (Å²) in [5.41, 5.74) is 4.74. The zero-order valence-corrected chi connectivity index (χ0v) is 18.0. The number of nitrogens with one attached hydrogen (secondary N) is 2. The zero-order valence-electron chi connectivity index (χ0n) is 16.4. The van der Waals surface area contributed by atoms with E-state index < -0.39 is 0 Å². The van der Waals surface area contributed by atoms with Crippen molar-refractivity contribution in [2.24, 2.45) is 7.05 Å². The highest BCUT2D eigenvalue weighted by molar-refractivity contribution is 5.85. The molecule has 0 amide bonds. The van der Waals surface area contributed by atoms with Gasteiger partial charge in [0.15, 0.2) is 0 Å². The van der Waals surface area contributed by atoms with Gasteiger partial charge in [0.2, 0.25) is 0 Å². The highest BCUT2D eigenvalue weighted by atomic mass is 35.5. The third-order valence-electron chi connectivity index (χ3n) is 5.04. The molecule has 1 aliphatic rings. The molecule has 0 atom stereocenters. The van der Waals surface area contributed by atoms with E-state index in [1.807, 2.05) is 13.0 Å². The maximum atomic E-state index is 4.75. The average molecular weight is 423 g/mol. The van der Waals surface area contributed by atoms with E-state index in [2.05, 4.69) is 50.4 Å². The normalized spacial score (nSPS) is 13.2. The fourth-order valence-electron chi connectivity index (χ4n) is 3.69. The molecule has 3 heterocycles. The molecule has 0 unspecified atom stereocenters. The van der Waals surface area contributed by atoms with Crippen molar-refractivity contribution < 1.29 is 0 Å². The minimum Gasteiger partial charge on any atom is -0.370 e. The van der Waals surface area contributed by atoms with Crippen LogP contribution in [0.25, 0.3) is 11.0 Å². The molecule has 6 nitrogen and oxygen atoms in total. The molecular weight excluding hydrogens is 395 g/mol. The summed E-state index contributed by atoms with van der Waals surface area (Å²) < 4.78 is 2.20. The number of para-hydroxylation sites is 2. The Hall–Kier alpha value is -1.89. The number of aromatic nitrogens is 4. The van der Waals surface area contributed by atoms with Gasteiger partial charge in [-0.15, -0.1) is 24.8 Å². The van der Waals surface area contributed by atoms with Crippen molar-refractivity contribution in [1.29, 1.82) is 0 Å². The van der Waals surface area contributed by atoms with Crippen LogP contribution in [0.3, 0.4) is 0 Å². The molecule has 0 bridgehead atoms. The zero-order chi connectivity index (χ0) is 17.9. The Morgan fingerprint density at radius 1 is 1.07 bits per heavy atom. The predicted octanol–water partition coefficient (Wildman–Crippen LogP) is 3.25. The van der Waals surface area contributed by atoms with Crippen LogP contribution < -0.4 is 10.6 Å². The molecule has 0 saturated heterocycles. The number of benzene rings is 1. The number of hydrogen-bond donors (Lipinski definition) is 2. The van der Waals surface area contributed by atoms with Crippen LogP contribution in [0.1, 0.15) is 29.3 Å². The Labute approximate surface area is 178 Å². The van der Waals surface area contributed by atoms with Crippen molar-refractivity contribution in [2.45, 2.75) is 32.6 Å². The van der Waals surface area contributed by atoms with E-state index in [9.17, 15) is 0 Å². The van der Waals surface area contributed by atoms with Crippen LogP contribution >= 0.6 is 24.8 Å². The van der Waals surface area contributed by atoms with E-state index in [4.69, 9.17) is 4.98 Å². The number of aryl methyl sites for hydroxylation is 3. The molecule has 0 fully saturated rings. The van der Waals surface area contributed by atoms with E-state index in [0.717, 1.165) is 68.3 Å². The molecule has 0 spiro atoms. The second-order valence-electron chi connectivity index (χ2n) is 6.90. The van der Waals surface area contributed by atoms with Gasteiger partial charge in [0, 0.05) is 38.5 Å². The number of nitrogens with zero attached hydrogens (tertiary/aromatic N) is 4. The van der Waals surface area contributed by atoms with Crippen molar-refractivity contribution in [3.63, 3.8) is 0 Å². The van der Waals surface area contributed by atoms with Gasteiger partial charge >= 0.3 is 0 Å². The second-order valence-corrected chi connectivity index (χ2v) is 6.90. The number of rotatable bonds is 5. The highest BCUT2D eigenvalue weighted by Gasteiger charge is 2.15. The van der Waals surface area contributed by atoms with Gasteiger partial charge < -0.3 is 15.2 Å². The Bertz CT molecular complexity index is 924. The summed E-state index contributed by atoms with van der Waals surface area (Å²) in [5, 5.41) is 6.99. The van der Waals surface area contributed by atoms with Crippen molar-refractivity contribution in [1.82, 2.24) is 24.8 Å². The topological polar surface area (TPSA) is 67.7 Å². The third kappa shape index (κ3) is 4.74. The molecule has 0 saturated carbocycles. The molecule has 8 heteroatoms. The van der Waals surface area contributed by atoms with Crippen LogP contribution in [0, 0.1) is 6.92 Å². The van der Waals surface area contributed by atoms with E-state index in [-0.39, 0.29) is 24.8 Å². The summed E-state index contributed by atoms with van der Waals surface area (Å²) in [6.07, 6.45) is 3.94.